The van der Waals surface area contributed by atoms with E-state index in [2.05, 4.69) is 16.3 Å². The fraction of sp³-hybridized carbons (Fsp3) is 0.348. The SMILES string of the molecule is CCOc1ccc(C(=O)NCC(=O)N2CCN(Cc3nc4ccccc4s3)CC2)cc1. The molecule has 0 atom stereocenters. The molecule has 2 heterocycles. The maximum absolute atomic E-state index is 12.5. The lowest BCUT2D eigenvalue weighted by Gasteiger charge is -2.34. The smallest absolute Gasteiger partial charge is 0.251 e. The number of fused-ring (bicyclic) bond motifs is 1. The third kappa shape index (κ3) is 5.39. The first-order valence-corrected chi connectivity index (χ1v) is 11.3. The first-order chi connectivity index (χ1) is 15.1. The van der Waals surface area contributed by atoms with Crippen LogP contribution in [0.2, 0.25) is 0 Å². The van der Waals surface area contributed by atoms with Gasteiger partial charge in [-0.1, -0.05) is 12.1 Å². The molecule has 1 aliphatic heterocycles. The van der Waals surface area contributed by atoms with Crippen LogP contribution in [-0.4, -0.2) is 65.9 Å². The number of rotatable bonds is 7. The molecule has 1 aliphatic rings. The number of ether oxygens (including phenoxy) is 1. The van der Waals surface area contributed by atoms with E-state index in [4.69, 9.17) is 9.72 Å². The Labute approximate surface area is 185 Å². The minimum Gasteiger partial charge on any atom is -0.494 e. The predicted molar refractivity (Wildman–Crippen MR) is 121 cm³/mol. The molecule has 1 fully saturated rings. The van der Waals surface area contributed by atoms with E-state index in [9.17, 15) is 9.59 Å². The Bertz CT molecular complexity index is 1010. The summed E-state index contributed by atoms with van der Waals surface area (Å²) in [6, 6.07) is 15.1. The molecule has 0 radical (unpaired) electrons. The predicted octanol–water partition coefficient (Wildman–Crippen LogP) is 2.77. The molecule has 2 aromatic carbocycles. The normalized spacial score (nSPS) is 14.5. The zero-order valence-electron chi connectivity index (χ0n) is 17.5. The molecule has 2 amide bonds. The molecule has 8 heteroatoms. The van der Waals surface area contributed by atoms with Gasteiger partial charge >= 0.3 is 0 Å². The number of hydrogen-bond donors (Lipinski definition) is 1. The van der Waals surface area contributed by atoms with Crippen LogP contribution in [0, 0.1) is 0 Å². The highest BCUT2D eigenvalue weighted by Crippen LogP contribution is 2.23. The first kappa shape index (κ1) is 21.3. The van der Waals surface area contributed by atoms with E-state index in [1.165, 1.54) is 4.70 Å². The molecule has 1 N–H and O–H groups in total. The quantitative estimate of drug-likeness (QED) is 0.614. The van der Waals surface area contributed by atoms with E-state index in [-0.39, 0.29) is 18.4 Å². The van der Waals surface area contributed by atoms with E-state index in [0.29, 0.717) is 25.3 Å². The number of hydrogen-bond acceptors (Lipinski definition) is 6. The van der Waals surface area contributed by atoms with Crippen LogP contribution in [-0.2, 0) is 11.3 Å². The number of benzene rings is 2. The summed E-state index contributed by atoms with van der Waals surface area (Å²) in [5.41, 5.74) is 1.55. The van der Waals surface area contributed by atoms with Crippen molar-refractivity contribution >= 4 is 33.4 Å². The molecule has 4 rings (SSSR count). The second-order valence-electron chi connectivity index (χ2n) is 7.37. The van der Waals surface area contributed by atoms with Crippen LogP contribution in [0.4, 0.5) is 0 Å². The van der Waals surface area contributed by atoms with Crippen molar-refractivity contribution in [2.24, 2.45) is 0 Å². The number of aromatic nitrogens is 1. The van der Waals surface area contributed by atoms with Crippen LogP contribution in [0.15, 0.2) is 48.5 Å². The van der Waals surface area contributed by atoms with Gasteiger partial charge in [-0.05, 0) is 43.3 Å². The number of amides is 2. The molecule has 162 valence electrons. The van der Waals surface area contributed by atoms with Gasteiger partial charge < -0.3 is 15.0 Å². The van der Waals surface area contributed by atoms with E-state index in [1.54, 1.807) is 35.6 Å². The van der Waals surface area contributed by atoms with Crippen LogP contribution in [0.25, 0.3) is 10.2 Å². The van der Waals surface area contributed by atoms with Crippen molar-refractivity contribution in [1.29, 1.82) is 0 Å². The molecule has 1 saturated heterocycles. The van der Waals surface area contributed by atoms with Gasteiger partial charge in [-0.3, -0.25) is 14.5 Å². The lowest BCUT2D eigenvalue weighted by molar-refractivity contribution is -0.131. The van der Waals surface area contributed by atoms with E-state index in [1.807, 2.05) is 30.0 Å². The maximum Gasteiger partial charge on any atom is 0.251 e. The van der Waals surface area contributed by atoms with Crippen molar-refractivity contribution in [3.05, 3.63) is 59.1 Å². The summed E-state index contributed by atoms with van der Waals surface area (Å²) in [5, 5.41) is 3.82. The first-order valence-electron chi connectivity index (χ1n) is 10.5. The molecule has 31 heavy (non-hydrogen) atoms. The molecule has 0 bridgehead atoms. The van der Waals surface area contributed by atoms with Crippen LogP contribution in [0.3, 0.4) is 0 Å². The third-order valence-corrected chi connectivity index (χ3v) is 6.27. The molecular formula is C23H26N4O3S. The van der Waals surface area contributed by atoms with Gasteiger partial charge in [0, 0.05) is 31.7 Å². The monoisotopic (exact) mass is 438 g/mol. The van der Waals surface area contributed by atoms with Gasteiger partial charge in [0.1, 0.15) is 10.8 Å². The number of thiazole rings is 1. The van der Waals surface area contributed by atoms with Gasteiger partial charge in [-0.2, -0.15) is 0 Å². The summed E-state index contributed by atoms with van der Waals surface area (Å²) in [6.45, 7) is 6.20. The fourth-order valence-electron chi connectivity index (χ4n) is 3.57. The van der Waals surface area contributed by atoms with E-state index >= 15 is 0 Å². The van der Waals surface area contributed by atoms with Crippen molar-refractivity contribution in [1.82, 2.24) is 20.1 Å². The number of nitrogens with zero attached hydrogens (tertiary/aromatic N) is 3. The van der Waals surface area contributed by atoms with Gasteiger partial charge in [0.2, 0.25) is 5.91 Å². The van der Waals surface area contributed by atoms with Crippen LogP contribution >= 0.6 is 11.3 Å². The lowest BCUT2D eigenvalue weighted by Crippen LogP contribution is -2.50. The van der Waals surface area contributed by atoms with Gasteiger partial charge in [0.15, 0.2) is 0 Å². The van der Waals surface area contributed by atoms with Crippen molar-refractivity contribution in [3.8, 4) is 5.75 Å². The summed E-state index contributed by atoms with van der Waals surface area (Å²) in [5.74, 6) is 0.406. The van der Waals surface area contributed by atoms with Gasteiger partial charge in [0.25, 0.3) is 5.91 Å². The number of para-hydroxylation sites is 1. The van der Waals surface area contributed by atoms with Crippen LogP contribution in [0.1, 0.15) is 22.3 Å². The maximum atomic E-state index is 12.5. The Morgan fingerprint density at radius 1 is 1.06 bits per heavy atom. The third-order valence-electron chi connectivity index (χ3n) is 5.25. The highest BCUT2D eigenvalue weighted by molar-refractivity contribution is 7.18. The second-order valence-corrected chi connectivity index (χ2v) is 8.49. The molecular weight excluding hydrogens is 412 g/mol. The average Bonchev–Trinajstić information content (AvgIpc) is 3.21. The zero-order valence-corrected chi connectivity index (χ0v) is 18.4. The standard InChI is InChI=1S/C23H26N4O3S/c1-2-30-18-9-7-17(8-10-18)23(29)24-15-22(28)27-13-11-26(12-14-27)16-21-25-19-5-3-4-6-20(19)31-21/h3-10H,2,11-16H2,1H3,(H,24,29). The highest BCUT2D eigenvalue weighted by atomic mass is 32.1. The molecule has 3 aromatic rings. The topological polar surface area (TPSA) is 74.8 Å². The number of piperazine rings is 1. The van der Waals surface area contributed by atoms with Crippen LogP contribution in [0.5, 0.6) is 5.75 Å². The molecule has 0 aliphatic carbocycles. The van der Waals surface area contributed by atoms with Gasteiger partial charge in [0.05, 0.1) is 29.9 Å². The van der Waals surface area contributed by atoms with Crippen molar-refractivity contribution in [2.45, 2.75) is 13.5 Å². The molecule has 7 nitrogen and oxygen atoms in total. The lowest BCUT2D eigenvalue weighted by atomic mass is 10.2. The van der Waals surface area contributed by atoms with E-state index in [0.717, 1.165) is 35.9 Å². The summed E-state index contributed by atoms with van der Waals surface area (Å²) in [7, 11) is 0. The Morgan fingerprint density at radius 3 is 2.52 bits per heavy atom. The molecule has 1 aromatic heterocycles. The molecule has 0 unspecified atom stereocenters. The van der Waals surface area contributed by atoms with Crippen molar-refractivity contribution in [2.75, 3.05) is 39.3 Å². The number of nitrogens with one attached hydrogen (secondary N) is 1. The summed E-state index contributed by atoms with van der Waals surface area (Å²) in [6.07, 6.45) is 0. The minimum atomic E-state index is -0.258. The van der Waals surface area contributed by atoms with Crippen LogP contribution < -0.4 is 10.1 Å². The zero-order chi connectivity index (χ0) is 21.6. The largest absolute Gasteiger partial charge is 0.494 e. The van der Waals surface area contributed by atoms with Gasteiger partial charge in [-0.15, -0.1) is 11.3 Å². The fourth-order valence-corrected chi connectivity index (χ4v) is 4.58. The Morgan fingerprint density at radius 2 is 1.81 bits per heavy atom. The summed E-state index contributed by atoms with van der Waals surface area (Å²) >= 11 is 1.72. The Balaban J connectivity index is 1.22. The summed E-state index contributed by atoms with van der Waals surface area (Å²) in [4.78, 5) is 33.6. The highest BCUT2D eigenvalue weighted by Gasteiger charge is 2.22. The van der Waals surface area contributed by atoms with Crippen molar-refractivity contribution < 1.29 is 14.3 Å². The Kier molecular flexibility index (Phi) is 6.79. The van der Waals surface area contributed by atoms with E-state index < -0.39 is 0 Å². The molecule has 0 saturated carbocycles. The molecule has 0 spiro atoms. The Hall–Kier alpha value is -2.97. The second kappa shape index (κ2) is 9.89. The minimum absolute atomic E-state index is 0.00388. The number of carbonyl (C=O) groups is 2. The number of carbonyl (C=O) groups excluding carboxylic acids is 2. The van der Waals surface area contributed by atoms with Crippen molar-refractivity contribution in [3.63, 3.8) is 0 Å². The van der Waals surface area contributed by atoms with Gasteiger partial charge in [-0.25, -0.2) is 4.98 Å². The average molecular weight is 439 g/mol. The summed E-state index contributed by atoms with van der Waals surface area (Å²) < 4.78 is 6.58.